The van der Waals surface area contributed by atoms with Crippen LogP contribution in [0.5, 0.6) is 0 Å². The first-order valence-corrected chi connectivity index (χ1v) is 7.20. The van der Waals surface area contributed by atoms with Crippen LogP contribution in [0.15, 0.2) is 18.2 Å². The Bertz CT molecular complexity index is 464. The molecule has 2 nitrogen and oxygen atoms in total. The van der Waals surface area contributed by atoms with Crippen LogP contribution in [0.2, 0.25) is 0 Å². The van der Waals surface area contributed by atoms with Crippen molar-refractivity contribution in [2.75, 3.05) is 20.6 Å². The minimum absolute atomic E-state index is 0.368. The zero-order chi connectivity index (χ0) is 14.8. The van der Waals surface area contributed by atoms with Gasteiger partial charge in [0.05, 0.1) is 6.10 Å². The molecule has 20 heavy (non-hydrogen) atoms. The summed E-state index contributed by atoms with van der Waals surface area (Å²) in [6.07, 6.45) is 3.55. The molecule has 4 heteroatoms. The monoisotopic (exact) mass is 283 g/mol. The standard InChI is InChI=1S/C16H23F2NO/c1-19(2)11-16(8-4-3-5-15(16)20)10-12-9-13(17)6-7-14(12)18/h6-7,9,15,20H,3-5,8,10-11H2,1-2H3/t15-,16+/m1/s1. The van der Waals surface area contributed by atoms with Crippen LogP contribution in [-0.2, 0) is 6.42 Å². The predicted molar refractivity (Wildman–Crippen MR) is 75.5 cm³/mol. The van der Waals surface area contributed by atoms with Crippen LogP contribution in [-0.4, -0.2) is 36.8 Å². The van der Waals surface area contributed by atoms with Crippen LogP contribution in [0.4, 0.5) is 8.78 Å². The van der Waals surface area contributed by atoms with Crippen LogP contribution >= 0.6 is 0 Å². The van der Waals surface area contributed by atoms with Crippen LogP contribution in [0, 0.1) is 17.0 Å². The predicted octanol–water partition coefficient (Wildman–Crippen LogP) is 2.99. The minimum atomic E-state index is -0.457. The Morgan fingerprint density at radius 3 is 2.70 bits per heavy atom. The van der Waals surface area contributed by atoms with E-state index < -0.39 is 11.9 Å². The molecule has 1 fully saturated rings. The summed E-state index contributed by atoms with van der Waals surface area (Å²) in [7, 11) is 3.90. The van der Waals surface area contributed by atoms with Gasteiger partial charge in [0, 0.05) is 12.0 Å². The fourth-order valence-electron chi connectivity index (χ4n) is 3.42. The topological polar surface area (TPSA) is 23.5 Å². The third-order valence-corrected chi connectivity index (χ3v) is 4.29. The molecule has 1 aliphatic carbocycles. The SMILES string of the molecule is CN(C)C[C@@]1(Cc2cc(F)ccc2F)CCCC[C@H]1O. The normalized spacial score (nSPS) is 27.0. The van der Waals surface area contributed by atoms with Crippen LogP contribution in [0.1, 0.15) is 31.2 Å². The fourth-order valence-corrected chi connectivity index (χ4v) is 3.42. The lowest BCUT2D eigenvalue weighted by molar-refractivity contribution is -0.0275. The highest BCUT2D eigenvalue weighted by Gasteiger charge is 2.40. The molecule has 0 aliphatic heterocycles. The summed E-state index contributed by atoms with van der Waals surface area (Å²) < 4.78 is 27.2. The minimum Gasteiger partial charge on any atom is -0.392 e. The highest BCUT2D eigenvalue weighted by Crippen LogP contribution is 2.40. The quantitative estimate of drug-likeness (QED) is 0.918. The van der Waals surface area contributed by atoms with E-state index >= 15 is 0 Å². The Balaban J connectivity index is 2.29. The molecule has 1 N–H and O–H groups in total. The smallest absolute Gasteiger partial charge is 0.126 e. The van der Waals surface area contributed by atoms with E-state index in [0.29, 0.717) is 18.5 Å². The van der Waals surface area contributed by atoms with E-state index in [2.05, 4.69) is 0 Å². The highest BCUT2D eigenvalue weighted by molar-refractivity contribution is 5.21. The Labute approximate surface area is 119 Å². The molecule has 0 aromatic heterocycles. The first-order valence-electron chi connectivity index (χ1n) is 7.20. The average Bonchev–Trinajstić information content (AvgIpc) is 2.37. The summed E-state index contributed by atoms with van der Waals surface area (Å²) in [5.41, 5.74) is -0.0103. The molecular formula is C16H23F2NO. The van der Waals surface area contributed by atoms with Crippen LogP contribution < -0.4 is 0 Å². The highest BCUT2D eigenvalue weighted by atomic mass is 19.1. The van der Waals surface area contributed by atoms with Gasteiger partial charge in [0.15, 0.2) is 0 Å². The van der Waals surface area contributed by atoms with Gasteiger partial charge in [0.1, 0.15) is 11.6 Å². The maximum Gasteiger partial charge on any atom is 0.126 e. The van der Waals surface area contributed by atoms with Crippen molar-refractivity contribution in [3.05, 3.63) is 35.4 Å². The van der Waals surface area contributed by atoms with E-state index in [1.807, 2.05) is 19.0 Å². The Kier molecular flexibility index (Phi) is 4.76. The molecular weight excluding hydrogens is 260 g/mol. The van der Waals surface area contributed by atoms with Crippen molar-refractivity contribution >= 4 is 0 Å². The maximum atomic E-state index is 13.9. The van der Waals surface area contributed by atoms with Gasteiger partial charge in [0.25, 0.3) is 0 Å². The fraction of sp³-hybridized carbons (Fsp3) is 0.625. The zero-order valence-electron chi connectivity index (χ0n) is 12.2. The lowest BCUT2D eigenvalue weighted by Crippen LogP contribution is -2.47. The van der Waals surface area contributed by atoms with Crippen molar-refractivity contribution in [3.63, 3.8) is 0 Å². The molecule has 0 radical (unpaired) electrons. The Morgan fingerprint density at radius 2 is 2.05 bits per heavy atom. The molecule has 1 aromatic carbocycles. The Morgan fingerprint density at radius 1 is 1.30 bits per heavy atom. The van der Waals surface area contributed by atoms with Gasteiger partial charge in [-0.1, -0.05) is 12.8 Å². The summed E-state index contributed by atoms with van der Waals surface area (Å²) in [4.78, 5) is 2.02. The van der Waals surface area contributed by atoms with Crippen molar-refractivity contribution in [1.82, 2.24) is 4.90 Å². The second-order valence-electron chi connectivity index (χ2n) is 6.27. The van der Waals surface area contributed by atoms with Crippen molar-refractivity contribution in [1.29, 1.82) is 0 Å². The van der Waals surface area contributed by atoms with Crippen molar-refractivity contribution < 1.29 is 13.9 Å². The second kappa shape index (κ2) is 6.19. The molecule has 0 spiro atoms. The molecule has 0 bridgehead atoms. The molecule has 0 unspecified atom stereocenters. The number of benzene rings is 1. The maximum absolute atomic E-state index is 13.9. The molecule has 1 aromatic rings. The molecule has 112 valence electrons. The van der Waals surface area contributed by atoms with Gasteiger partial charge in [-0.3, -0.25) is 0 Å². The first kappa shape index (κ1) is 15.4. The van der Waals surface area contributed by atoms with Gasteiger partial charge in [-0.25, -0.2) is 8.78 Å². The van der Waals surface area contributed by atoms with E-state index in [1.165, 1.54) is 12.1 Å². The van der Waals surface area contributed by atoms with Crippen LogP contribution in [0.3, 0.4) is 0 Å². The molecule has 1 saturated carbocycles. The molecule has 2 rings (SSSR count). The number of rotatable bonds is 4. The summed E-state index contributed by atoms with van der Waals surface area (Å²) in [5, 5.41) is 10.4. The zero-order valence-corrected chi connectivity index (χ0v) is 12.2. The third-order valence-electron chi connectivity index (χ3n) is 4.29. The van der Waals surface area contributed by atoms with Gasteiger partial charge >= 0.3 is 0 Å². The number of halogens is 2. The lowest BCUT2D eigenvalue weighted by Gasteiger charge is -2.43. The van der Waals surface area contributed by atoms with Crippen molar-refractivity contribution in [3.8, 4) is 0 Å². The number of nitrogens with zero attached hydrogens (tertiary/aromatic N) is 1. The first-order chi connectivity index (χ1) is 9.43. The van der Waals surface area contributed by atoms with Crippen LogP contribution in [0.25, 0.3) is 0 Å². The molecule has 2 atom stereocenters. The largest absolute Gasteiger partial charge is 0.392 e. The lowest BCUT2D eigenvalue weighted by atomic mass is 9.68. The van der Waals surface area contributed by atoms with E-state index in [0.717, 1.165) is 31.7 Å². The van der Waals surface area contributed by atoms with Gasteiger partial charge in [-0.15, -0.1) is 0 Å². The van der Waals surface area contributed by atoms with Gasteiger partial charge in [-0.2, -0.15) is 0 Å². The molecule has 0 heterocycles. The molecule has 0 saturated heterocycles. The van der Waals surface area contributed by atoms with Crippen molar-refractivity contribution in [2.45, 2.75) is 38.2 Å². The van der Waals surface area contributed by atoms with Gasteiger partial charge in [-0.05, 0) is 57.1 Å². The summed E-state index contributed by atoms with van der Waals surface area (Å²) >= 11 is 0. The van der Waals surface area contributed by atoms with Crippen molar-refractivity contribution in [2.24, 2.45) is 5.41 Å². The Hall–Kier alpha value is -1.00. The van der Waals surface area contributed by atoms with Gasteiger partial charge in [0.2, 0.25) is 0 Å². The molecule has 1 aliphatic rings. The average molecular weight is 283 g/mol. The number of hydrogen-bond donors (Lipinski definition) is 1. The van der Waals surface area contributed by atoms with E-state index in [9.17, 15) is 13.9 Å². The van der Waals surface area contributed by atoms with E-state index in [-0.39, 0.29) is 11.2 Å². The number of aliphatic hydroxyl groups is 1. The number of aliphatic hydroxyl groups excluding tert-OH is 1. The molecule has 0 amide bonds. The summed E-state index contributed by atoms with van der Waals surface area (Å²) in [6.45, 7) is 0.685. The third kappa shape index (κ3) is 3.36. The summed E-state index contributed by atoms with van der Waals surface area (Å²) in [6, 6.07) is 3.56. The van der Waals surface area contributed by atoms with E-state index in [4.69, 9.17) is 0 Å². The summed E-state index contributed by atoms with van der Waals surface area (Å²) in [5.74, 6) is -0.811. The second-order valence-corrected chi connectivity index (χ2v) is 6.27. The number of hydrogen-bond acceptors (Lipinski definition) is 2. The van der Waals surface area contributed by atoms with Gasteiger partial charge < -0.3 is 10.0 Å². The van der Waals surface area contributed by atoms with E-state index in [1.54, 1.807) is 0 Å².